The highest BCUT2D eigenvalue weighted by Gasteiger charge is 2.35. The van der Waals surface area contributed by atoms with Gasteiger partial charge in [0, 0.05) is 5.56 Å². The van der Waals surface area contributed by atoms with E-state index in [0.717, 1.165) is 12.1 Å². The summed E-state index contributed by atoms with van der Waals surface area (Å²) in [5.74, 6) is -0.683. The first-order chi connectivity index (χ1) is 7.38. The van der Waals surface area contributed by atoms with Gasteiger partial charge in [0.2, 0.25) is 0 Å². The molecule has 88 valence electrons. The highest BCUT2D eigenvalue weighted by Crippen LogP contribution is 2.32. The summed E-state index contributed by atoms with van der Waals surface area (Å²) in [4.78, 5) is 11.6. The molecule has 1 nitrogen and oxygen atoms in total. The maximum atomic E-state index is 12.6. The van der Waals surface area contributed by atoms with E-state index in [0.29, 0.717) is 6.42 Å². The first-order valence-electron chi connectivity index (χ1n) is 4.72. The molecule has 0 aliphatic rings. The number of hydrogen-bond acceptors (Lipinski definition) is 1. The van der Waals surface area contributed by atoms with Crippen molar-refractivity contribution in [2.75, 3.05) is 0 Å². The quantitative estimate of drug-likeness (QED) is 0.587. The fourth-order valence-corrected chi connectivity index (χ4v) is 1.42. The Morgan fingerprint density at radius 1 is 1.38 bits per heavy atom. The SMILES string of the molecule is CCC(Cl)C(=O)c1ccccc1C(F)(F)F. The Balaban J connectivity index is 3.19. The fraction of sp³-hybridized carbons (Fsp3) is 0.364. The van der Waals surface area contributed by atoms with Gasteiger partial charge in [-0.3, -0.25) is 4.79 Å². The van der Waals surface area contributed by atoms with Gasteiger partial charge >= 0.3 is 6.18 Å². The van der Waals surface area contributed by atoms with Crippen molar-refractivity contribution in [3.63, 3.8) is 0 Å². The Bertz CT molecular complexity index is 387. The molecule has 0 bridgehead atoms. The molecule has 0 heterocycles. The van der Waals surface area contributed by atoms with Gasteiger partial charge in [0.1, 0.15) is 0 Å². The zero-order valence-electron chi connectivity index (χ0n) is 8.51. The monoisotopic (exact) mass is 250 g/mol. The summed E-state index contributed by atoms with van der Waals surface area (Å²) in [7, 11) is 0. The number of ketones is 1. The molecule has 0 spiro atoms. The smallest absolute Gasteiger partial charge is 0.292 e. The lowest BCUT2D eigenvalue weighted by atomic mass is 10.0. The van der Waals surface area contributed by atoms with E-state index in [4.69, 9.17) is 11.6 Å². The third-order valence-electron chi connectivity index (χ3n) is 2.14. The molecule has 1 aromatic rings. The van der Waals surface area contributed by atoms with Crippen LogP contribution in [0.15, 0.2) is 24.3 Å². The highest BCUT2D eigenvalue weighted by molar-refractivity contribution is 6.34. The first-order valence-corrected chi connectivity index (χ1v) is 5.16. The number of Topliss-reactive ketones (excluding diaryl/α,β-unsaturated/α-hetero) is 1. The summed E-state index contributed by atoms with van der Waals surface area (Å²) < 4.78 is 37.7. The number of alkyl halides is 4. The molecular formula is C11H10ClF3O. The summed E-state index contributed by atoms with van der Waals surface area (Å²) in [6.45, 7) is 1.64. The maximum Gasteiger partial charge on any atom is 0.417 e. The van der Waals surface area contributed by atoms with Gasteiger partial charge in [-0.2, -0.15) is 13.2 Å². The van der Waals surface area contributed by atoms with Gasteiger partial charge in [-0.25, -0.2) is 0 Å². The Hall–Kier alpha value is -1.03. The van der Waals surface area contributed by atoms with Crippen molar-refractivity contribution in [1.82, 2.24) is 0 Å². The van der Waals surface area contributed by atoms with Gasteiger partial charge in [0.05, 0.1) is 10.9 Å². The van der Waals surface area contributed by atoms with Gasteiger partial charge in [0.25, 0.3) is 0 Å². The van der Waals surface area contributed by atoms with Crippen LogP contribution in [0.5, 0.6) is 0 Å². The average Bonchev–Trinajstić information content (AvgIpc) is 2.26. The molecule has 0 aliphatic carbocycles. The Labute approximate surface area is 96.2 Å². The number of carbonyl (C=O) groups is 1. The lowest BCUT2D eigenvalue weighted by Gasteiger charge is -2.13. The average molecular weight is 251 g/mol. The molecule has 1 unspecified atom stereocenters. The van der Waals surface area contributed by atoms with Crippen molar-refractivity contribution < 1.29 is 18.0 Å². The van der Waals surface area contributed by atoms with E-state index in [2.05, 4.69) is 0 Å². The maximum absolute atomic E-state index is 12.6. The molecule has 0 aromatic heterocycles. The number of rotatable bonds is 3. The van der Waals surface area contributed by atoms with Gasteiger partial charge in [-0.05, 0) is 12.5 Å². The summed E-state index contributed by atoms with van der Waals surface area (Å²) in [5.41, 5.74) is -1.30. The fourth-order valence-electron chi connectivity index (χ4n) is 1.30. The number of hydrogen-bond donors (Lipinski definition) is 0. The van der Waals surface area contributed by atoms with Crippen LogP contribution in [0.3, 0.4) is 0 Å². The van der Waals surface area contributed by atoms with Crippen LogP contribution >= 0.6 is 11.6 Å². The third-order valence-corrected chi connectivity index (χ3v) is 2.65. The molecule has 16 heavy (non-hydrogen) atoms. The third kappa shape index (κ3) is 2.76. The van der Waals surface area contributed by atoms with Crippen molar-refractivity contribution in [1.29, 1.82) is 0 Å². The molecule has 0 aliphatic heterocycles. The van der Waals surface area contributed by atoms with E-state index < -0.39 is 22.9 Å². The molecule has 0 amide bonds. The molecule has 5 heteroatoms. The second-order valence-corrected chi connectivity index (χ2v) is 3.81. The highest BCUT2D eigenvalue weighted by atomic mass is 35.5. The predicted molar refractivity (Wildman–Crippen MR) is 55.7 cm³/mol. The molecule has 1 rings (SSSR count). The van der Waals surface area contributed by atoms with Crippen LogP contribution in [-0.4, -0.2) is 11.2 Å². The lowest BCUT2D eigenvalue weighted by Crippen LogP contribution is -2.19. The first kappa shape index (κ1) is 13.0. The summed E-state index contributed by atoms with van der Waals surface area (Å²) in [5, 5.41) is -0.913. The lowest BCUT2D eigenvalue weighted by molar-refractivity contribution is -0.137. The minimum atomic E-state index is -4.53. The number of carbonyl (C=O) groups excluding carboxylic acids is 1. The van der Waals surface area contributed by atoms with Gasteiger partial charge in [0.15, 0.2) is 5.78 Å². The zero-order chi connectivity index (χ0) is 12.3. The minimum absolute atomic E-state index is 0.298. The normalized spacial score (nSPS) is 13.6. The van der Waals surface area contributed by atoms with Crippen LogP contribution in [0, 0.1) is 0 Å². The van der Waals surface area contributed by atoms with Crippen LogP contribution in [0.2, 0.25) is 0 Å². The standard InChI is InChI=1S/C11H10ClF3O/c1-2-9(12)10(16)7-5-3-4-6-8(7)11(13,14)15/h3-6,9H,2H2,1H3. The van der Waals surface area contributed by atoms with Gasteiger partial charge in [-0.15, -0.1) is 11.6 Å². The van der Waals surface area contributed by atoms with Crippen LogP contribution in [0.4, 0.5) is 13.2 Å². The molecule has 0 saturated carbocycles. The van der Waals surface area contributed by atoms with Crippen molar-refractivity contribution in [3.8, 4) is 0 Å². The summed E-state index contributed by atoms with van der Waals surface area (Å²) in [6.07, 6.45) is -4.23. The molecule has 0 N–H and O–H groups in total. The van der Waals surface area contributed by atoms with Crippen LogP contribution in [0.1, 0.15) is 29.3 Å². The van der Waals surface area contributed by atoms with E-state index >= 15 is 0 Å². The van der Waals surface area contributed by atoms with Crippen molar-refractivity contribution in [2.24, 2.45) is 0 Å². The summed E-state index contributed by atoms with van der Waals surface area (Å²) >= 11 is 5.66. The van der Waals surface area contributed by atoms with E-state index in [9.17, 15) is 18.0 Å². The van der Waals surface area contributed by atoms with Gasteiger partial charge < -0.3 is 0 Å². The zero-order valence-corrected chi connectivity index (χ0v) is 9.27. The van der Waals surface area contributed by atoms with Crippen molar-refractivity contribution in [3.05, 3.63) is 35.4 Å². The molecule has 0 saturated heterocycles. The van der Waals surface area contributed by atoms with Gasteiger partial charge in [-0.1, -0.05) is 25.1 Å². The Kier molecular flexibility index (Phi) is 3.97. The summed E-state index contributed by atoms with van der Waals surface area (Å²) in [6, 6.07) is 4.67. The molecule has 1 aromatic carbocycles. The van der Waals surface area contributed by atoms with Crippen LogP contribution in [0.25, 0.3) is 0 Å². The topological polar surface area (TPSA) is 17.1 Å². The number of halogens is 4. The largest absolute Gasteiger partial charge is 0.417 e. The van der Waals surface area contributed by atoms with E-state index in [1.54, 1.807) is 6.92 Å². The second-order valence-electron chi connectivity index (χ2n) is 3.28. The van der Waals surface area contributed by atoms with E-state index in [1.807, 2.05) is 0 Å². The molecular weight excluding hydrogens is 241 g/mol. The molecule has 0 fully saturated rings. The van der Waals surface area contributed by atoms with Crippen LogP contribution < -0.4 is 0 Å². The van der Waals surface area contributed by atoms with Crippen molar-refractivity contribution >= 4 is 17.4 Å². The van der Waals surface area contributed by atoms with E-state index in [-0.39, 0.29) is 5.56 Å². The van der Waals surface area contributed by atoms with E-state index in [1.165, 1.54) is 12.1 Å². The minimum Gasteiger partial charge on any atom is -0.292 e. The molecule has 0 radical (unpaired) electrons. The number of benzene rings is 1. The Morgan fingerprint density at radius 3 is 2.44 bits per heavy atom. The van der Waals surface area contributed by atoms with Crippen LogP contribution in [-0.2, 0) is 6.18 Å². The second kappa shape index (κ2) is 4.87. The predicted octanol–water partition coefficient (Wildman–Crippen LogP) is 3.91. The van der Waals surface area contributed by atoms with Crippen molar-refractivity contribution in [2.45, 2.75) is 24.9 Å². The molecule has 1 atom stereocenters. The Morgan fingerprint density at radius 2 is 1.94 bits per heavy atom.